The van der Waals surface area contributed by atoms with E-state index >= 15 is 0 Å². The second-order valence-corrected chi connectivity index (χ2v) is 7.11. The quantitative estimate of drug-likeness (QED) is 0.856. The molecule has 23 heavy (non-hydrogen) atoms. The molecular weight excluding hydrogens is 314 g/mol. The van der Waals surface area contributed by atoms with Crippen molar-refractivity contribution in [3.05, 3.63) is 53.9 Å². The first-order chi connectivity index (χ1) is 11.1. The highest BCUT2D eigenvalue weighted by atomic mass is 32.2. The van der Waals surface area contributed by atoms with Gasteiger partial charge in [-0.05, 0) is 17.7 Å². The van der Waals surface area contributed by atoms with E-state index in [0.717, 1.165) is 5.56 Å². The van der Waals surface area contributed by atoms with Gasteiger partial charge >= 0.3 is 0 Å². The van der Waals surface area contributed by atoms with E-state index in [9.17, 15) is 8.42 Å². The SMILES string of the molecule is CO[C@@H]1Cc2ccccc2N(S(=O)(=O)c2cncc(C#N)c2)C1. The lowest BCUT2D eigenvalue weighted by Gasteiger charge is -2.34. The van der Waals surface area contributed by atoms with Gasteiger partial charge in [0.2, 0.25) is 0 Å². The number of ether oxygens (including phenoxy) is 1. The first-order valence-electron chi connectivity index (χ1n) is 7.05. The number of nitriles is 1. The van der Waals surface area contributed by atoms with Crippen molar-refractivity contribution in [2.45, 2.75) is 17.4 Å². The molecule has 6 nitrogen and oxygen atoms in total. The molecule has 0 amide bonds. The molecule has 7 heteroatoms. The van der Waals surface area contributed by atoms with Crippen molar-refractivity contribution in [3.8, 4) is 6.07 Å². The second kappa shape index (κ2) is 5.99. The largest absolute Gasteiger partial charge is 0.379 e. The maximum absolute atomic E-state index is 13.0. The van der Waals surface area contributed by atoms with E-state index in [4.69, 9.17) is 10.00 Å². The fraction of sp³-hybridized carbons (Fsp3) is 0.250. The maximum Gasteiger partial charge on any atom is 0.265 e. The van der Waals surface area contributed by atoms with Gasteiger partial charge in [-0.25, -0.2) is 8.42 Å². The van der Waals surface area contributed by atoms with Crippen LogP contribution in [0.1, 0.15) is 11.1 Å². The summed E-state index contributed by atoms with van der Waals surface area (Å²) in [5.74, 6) is 0. The van der Waals surface area contributed by atoms with E-state index in [1.54, 1.807) is 19.2 Å². The van der Waals surface area contributed by atoms with Crippen LogP contribution in [-0.2, 0) is 21.2 Å². The molecule has 1 aliphatic heterocycles. The van der Waals surface area contributed by atoms with Crippen LogP contribution in [0.5, 0.6) is 0 Å². The third-order valence-corrected chi connectivity index (χ3v) is 5.59. The highest BCUT2D eigenvalue weighted by Gasteiger charge is 2.33. The van der Waals surface area contributed by atoms with E-state index in [2.05, 4.69) is 4.98 Å². The Morgan fingerprint density at radius 1 is 1.35 bits per heavy atom. The lowest BCUT2D eigenvalue weighted by Crippen LogP contribution is -2.43. The van der Waals surface area contributed by atoms with Crippen molar-refractivity contribution in [1.82, 2.24) is 4.98 Å². The van der Waals surface area contributed by atoms with Gasteiger partial charge in [0.25, 0.3) is 10.0 Å². The number of para-hydroxylation sites is 1. The van der Waals surface area contributed by atoms with Gasteiger partial charge in [-0.15, -0.1) is 0 Å². The zero-order valence-electron chi connectivity index (χ0n) is 12.5. The summed E-state index contributed by atoms with van der Waals surface area (Å²) in [6.07, 6.45) is 3.04. The Bertz CT molecular complexity index is 874. The van der Waals surface area contributed by atoms with Crippen LogP contribution in [0, 0.1) is 11.3 Å². The molecule has 0 aliphatic carbocycles. The average molecular weight is 329 g/mol. The van der Waals surface area contributed by atoms with Crippen LogP contribution < -0.4 is 4.31 Å². The number of pyridine rings is 1. The number of hydrogen-bond acceptors (Lipinski definition) is 5. The fourth-order valence-corrected chi connectivity index (χ4v) is 4.18. The number of hydrogen-bond donors (Lipinski definition) is 0. The van der Waals surface area contributed by atoms with Crippen molar-refractivity contribution in [3.63, 3.8) is 0 Å². The molecule has 0 saturated heterocycles. The predicted octanol–water partition coefficient (Wildman–Crippen LogP) is 1.72. The zero-order chi connectivity index (χ0) is 16.4. The Labute approximate surface area is 135 Å². The van der Waals surface area contributed by atoms with Crippen LogP contribution in [0.3, 0.4) is 0 Å². The van der Waals surface area contributed by atoms with Gasteiger partial charge in [0.1, 0.15) is 11.0 Å². The smallest absolute Gasteiger partial charge is 0.265 e. The topological polar surface area (TPSA) is 83.3 Å². The predicted molar refractivity (Wildman–Crippen MR) is 84.4 cm³/mol. The summed E-state index contributed by atoms with van der Waals surface area (Å²) in [5, 5.41) is 8.96. The van der Waals surface area contributed by atoms with Gasteiger partial charge in [0, 0.05) is 25.9 Å². The number of benzene rings is 1. The molecule has 118 valence electrons. The zero-order valence-corrected chi connectivity index (χ0v) is 13.3. The number of methoxy groups -OCH3 is 1. The first kappa shape index (κ1) is 15.5. The monoisotopic (exact) mass is 329 g/mol. The standard InChI is InChI=1S/C16H15N3O3S/c1-22-14-7-13-4-2-3-5-16(13)19(11-14)23(20,21)15-6-12(8-17)9-18-10-15/h2-6,9-10,14H,7,11H2,1H3/t14-/m1/s1. The molecule has 1 aromatic heterocycles. The van der Waals surface area contributed by atoms with Crippen LogP contribution in [0.2, 0.25) is 0 Å². The van der Waals surface area contributed by atoms with Crippen LogP contribution in [0.25, 0.3) is 0 Å². The molecule has 2 heterocycles. The number of anilines is 1. The van der Waals surface area contributed by atoms with Crippen molar-refractivity contribution >= 4 is 15.7 Å². The van der Waals surface area contributed by atoms with Gasteiger partial charge in [-0.1, -0.05) is 18.2 Å². The van der Waals surface area contributed by atoms with E-state index in [1.165, 1.54) is 22.8 Å². The molecule has 3 rings (SSSR count). The molecule has 2 aromatic rings. The van der Waals surface area contributed by atoms with Crippen LogP contribution in [0.15, 0.2) is 47.6 Å². The molecule has 1 atom stereocenters. The molecule has 0 bridgehead atoms. The second-order valence-electron chi connectivity index (χ2n) is 5.25. The number of fused-ring (bicyclic) bond motifs is 1. The summed E-state index contributed by atoms with van der Waals surface area (Å²) < 4.78 is 32.7. The molecule has 1 aromatic carbocycles. The Morgan fingerprint density at radius 2 is 2.13 bits per heavy atom. The molecule has 0 N–H and O–H groups in total. The minimum Gasteiger partial charge on any atom is -0.379 e. The van der Waals surface area contributed by atoms with Crippen LogP contribution >= 0.6 is 0 Å². The van der Waals surface area contributed by atoms with Crippen molar-refractivity contribution in [2.24, 2.45) is 0 Å². The summed E-state index contributed by atoms with van der Waals surface area (Å²) in [5.41, 5.74) is 1.77. The molecular formula is C16H15N3O3S. The molecule has 0 fully saturated rings. The summed E-state index contributed by atoms with van der Waals surface area (Å²) in [6, 6.07) is 10.6. The summed E-state index contributed by atoms with van der Waals surface area (Å²) in [7, 11) is -2.24. The Kier molecular flexibility index (Phi) is 4.03. The maximum atomic E-state index is 13.0. The summed E-state index contributed by atoms with van der Waals surface area (Å²) in [6.45, 7) is 0.229. The van der Waals surface area contributed by atoms with Gasteiger partial charge in [-0.2, -0.15) is 5.26 Å². The van der Waals surface area contributed by atoms with Crippen LogP contribution in [0.4, 0.5) is 5.69 Å². The lowest BCUT2D eigenvalue weighted by molar-refractivity contribution is 0.108. The highest BCUT2D eigenvalue weighted by molar-refractivity contribution is 7.92. The van der Waals surface area contributed by atoms with Gasteiger partial charge < -0.3 is 4.74 Å². The normalized spacial score (nSPS) is 17.4. The molecule has 0 spiro atoms. The van der Waals surface area contributed by atoms with Gasteiger partial charge in [0.05, 0.1) is 23.9 Å². The van der Waals surface area contributed by atoms with E-state index in [1.807, 2.05) is 18.2 Å². The number of aromatic nitrogens is 1. The van der Waals surface area contributed by atoms with E-state index < -0.39 is 10.0 Å². The van der Waals surface area contributed by atoms with Crippen molar-refractivity contribution in [1.29, 1.82) is 5.26 Å². The lowest BCUT2D eigenvalue weighted by atomic mass is 10.0. The minimum absolute atomic E-state index is 0.00288. The first-order valence-corrected chi connectivity index (χ1v) is 8.49. The van der Waals surface area contributed by atoms with E-state index in [-0.39, 0.29) is 23.1 Å². The number of nitrogens with zero attached hydrogens (tertiary/aromatic N) is 3. The summed E-state index contributed by atoms with van der Waals surface area (Å²) >= 11 is 0. The van der Waals surface area contributed by atoms with E-state index in [0.29, 0.717) is 12.1 Å². The van der Waals surface area contributed by atoms with Crippen LogP contribution in [-0.4, -0.2) is 33.2 Å². The Balaban J connectivity index is 2.10. The van der Waals surface area contributed by atoms with Gasteiger partial charge in [0.15, 0.2) is 0 Å². The fourth-order valence-electron chi connectivity index (χ4n) is 2.65. The highest BCUT2D eigenvalue weighted by Crippen LogP contribution is 2.32. The summed E-state index contributed by atoms with van der Waals surface area (Å²) in [4.78, 5) is 3.86. The average Bonchev–Trinajstić information content (AvgIpc) is 2.60. The third-order valence-electron chi connectivity index (χ3n) is 3.84. The van der Waals surface area contributed by atoms with Crippen molar-refractivity contribution in [2.75, 3.05) is 18.0 Å². The molecule has 0 radical (unpaired) electrons. The number of rotatable bonds is 3. The molecule has 1 aliphatic rings. The number of sulfonamides is 1. The molecule has 0 unspecified atom stereocenters. The Morgan fingerprint density at radius 3 is 2.87 bits per heavy atom. The Hall–Kier alpha value is -2.43. The minimum atomic E-state index is -3.81. The van der Waals surface area contributed by atoms with Crippen molar-refractivity contribution < 1.29 is 13.2 Å². The third kappa shape index (κ3) is 2.79. The molecule has 0 saturated carbocycles. The van der Waals surface area contributed by atoms with Gasteiger partial charge in [-0.3, -0.25) is 9.29 Å².